The van der Waals surface area contributed by atoms with Gasteiger partial charge in [0, 0.05) is 11.5 Å². The lowest BCUT2D eigenvalue weighted by Gasteiger charge is -2.12. The molecule has 1 aromatic heterocycles. The number of hydrogen-bond donors (Lipinski definition) is 1. The van der Waals surface area contributed by atoms with E-state index in [-0.39, 0.29) is 5.56 Å². The van der Waals surface area contributed by atoms with Crippen LogP contribution in [0, 0.1) is 0 Å². The van der Waals surface area contributed by atoms with Crippen molar-refractivity contribution in [1.82, 2.24) is 9.97 Å². The summed E-state index contributed by atoms with van der Waals surface area (Å²) in [6.07, 6.45) is 4.64. The van der Waals surface area contributed by atoms with E-state index < -0.39 is 0 Å². The van der Waals surface area contributed by atoms with Crippen molar-refractivity contribution in [3.8, 4) is 17.1 Å². The van der Waals surface area contributed by atoms with Gasteiger partial charge >= 0.3 is 0 Å². The van der Waals surface area contributed by atoms with Crippen LogP contribution in [0.2, 0.25) is 0 Å². The molecule has 4 nitrogen and oxygen atoms in total. The van der Waals surface area contributed by atoms with E-state index in [0.29, 0.717) is 16.2 Å². The largest absolute Gasteiger partial charge is 0.497 e. The fourth-order valence-electron chi connectivity index (χ4n) is 2.83. The highest BCUT2D eigenvalue weighted by molar-refractivity contribution is 9.10. The summed E-state index contributed by atoms with van der Waals surface area (Å²) in [4.78, 5) is 19.7. The molecule has 0 bridgehead atoms. The summed E-state index contributed by atoms with van der Waals surface area (Å²) >= 11 is 3.39. The zero-order valence-corrected chi connectivity index (χ0v) is 13.4. The van der Waals surface area contributed by atoms with E-state index in [9.17, 15) is 4.79 Å². The molecule has 5 heteroatoms. The predicted molar refractivity (Wildman–Crippen MR) is 85.8 cm³/mol. The Morgan fingerprint density at radius 1 is 1.24 bits per heavy atom. The van der Waals surface area contributed by atoms with Gasteiger partial charge in [0.05, 0.1) is 12.8 Å². The zero-order valence-electron chi connectivity index (χ0n) is 11.9. The van der Waals surface area contributed by atoms with Crippen LogP contribution in [0.3, 0.4) is 0 Å². The van der Waals surface area contributed by atoms with Crippen LogP contribution in [-0.2, 0) is 0 Å². The molecule has 0 spiro atoms. The van der Waals surface area contributed by atoms with Gasteiger partial charge in [0.2, 0.25) is 0 Å². The summed E-state index contributed by atoms with van der Waals surface area (Å²) in [6, 6.07) is 7.55. The minimum atomic E-state index is -0.113. The third kappa shape index (κ3) is 2.88. The van der Waals surface area contributed by atoms with Gasteiger partial charge in [-0.25, -0.2) is 4.98 Å². The van der Waals surface area contributed by atoms with Crippen molar-refractivity contribution in [3.63, 3.8) is 0 Å². The Balaban J connectivity index is 2.03. The Bertz CT molecular complexity index is 688. The van der Waals surface area contributed by atoms with Crippen molar-refractivity contribution in [2.24, 2.45) is 0 Å². The van der Waals surface area contributed by atoms with Gasteiger partial charge in [0.25, 0.3) is 5.56 Å². The number of aromatic nitrogens is 2. The van der Waals surface area contributed by atoms with Crippen LogP contribution in [0.1, 0.15) is 37.3 Å². The number of methoxy groups -OCH3 is 1. The highest BCUT2D eigenvalue weighted by Crippen LogP contribution is 2.36. The minimum Gasteiger partial charge on any atom is -0.497 e. The molecular weight excluding hydrogens is 332 g/mol. The monoisotopic (exact) mass is 348 g/mol. The molecule has 1 aromatic carbocycles. The van der Waals surface area contributed by atoms with E-state index in [4.69, 9.17) is 9.72 Å². The van der Waals surface area contributed by atoms with Gasteiger partial charge in [-0.15, -0.1) is 0 Å². The zero-order chi connectivity index (χ0) is 14.8. The van der Waals surface area contributed by atoms with Gasteiger partial charge in [0.15, 0.2) is 0 Å². The lowest BCUT2D eigenvalue weighted by Crippen LogP contribution is -2.15. The number of ether oxygens (including phenoxy) is 1. The molecule has 0 amide bonds. The van der Waals surface area contributed by atoms with E-state index in [1.54, 1.807) is 7.11 Å². The third-order valence-electron chi connectivity index (χ3n) is 3.99. The molecule has 1 saturated carbocycles. The molecule has 0 saturated heterocycles. The van der Waals surface area contributed by atoms with E-state index in [1.807, 2.05) is 24.3 Å². The number of H-pyrrole nitrogens is 1. The Labute approximate surface area is 131 Å². The van der Waals surface area contributed by atoms with E-state index >= 15 is 0 Å². The van der Waals surface area contributed by atoms with Crippen LogP contribution in [0.15, 0.2) is 33.5 Å². The average Bonchev–Trinajstić information content (AvgIpc) is 3.04. The second kappa shape index (κ2) is 6.02. The van der Waals surface area contributed by atoms with E-state index in [0.717, 1.165) is 29.8 Å². The number of hydrogen-bond acceptors (Lipinski definition) is 3. The first kappa shape index (κ1) is 14.3. The number of benzene rings is 1. The summed E-state index contributed by atoms with van der Waals surface area (Å²) in [5.41, 5.74) is 1.67. The maximum atomic E-state index is 12.1. The first-order valence-corrected chi connectivity index (χ1v) is 7.92. The normalized spacial score (nSPS) is 15.3. The quantitative estimate of drug-likeness (QED) is 0.915. The van der Waals surface area contributed by atoms with Crippen molar-refractivity contribution in [2.45, 2.75) is 31.6 Å². The van der Waals surface area contributed by atoms with Gasteiger partial charge in [-0.3, -0.25) is 4.79 Å². The maximum Gasteiger partial charge on any atom is 0.265 e. The number of rotatable bonds is 3. The van der Waals surface area contributed by atoms with Gasteiger partial charge < -0.3 is 9.72 Å². The molecule has 1 aliphatic carbocycles. The molecule has 0 radical (unpaired) electrons. The molecule has 2 aromatic rings. The Hall–Kier alpha value is -1.62. The number of halogens is 1. The van der Waals surface area contributed by atoms with Crippen molar-refractivity contribution >= 4 is 15.9 Å². The van der Waals surface area contributed by atoms with Crippen LogP contribution in [0.4, 0.5) is 0 Å². The molecule has 0 unspecified atom stereocenters. The van der Waals surface area contributed by atoms with Gasteiger partial charge in [-0.05, 0) is 53.0 Å². The van der Waals surface area contributed by atoms with Crippen LogP contribution in [-0.4, -0.2) is 17.1 Å². The maximum absolute atomic E-state index is 12.1. The fourth-order valence-corrected chi connectivity index (χ4v) is 3.34. The Morgan fingerprint density at radius 2 is 1.90 bits per heavy atom. The SMILES string of the molecule is COc1ccc(-c2nc(C3CCCC3)c(Br)c(=O)[nH]2)cc1. The van der Waals surface area contributed by atoms with Gasteiger partial charge in [-0.2, -0.15) is 0 Å². The summed E-state index contributed by atoms with van der Waals surface area (Å²) in [7, 11) is 1.63. The van der Waals surface area contributed by atoms with Crippen molar-refractivity contribution in [3.05, 3.63) is 44.8 Å². The molecule has 1 aliphatic rings. The second-order valence-electron chi connectivity index (χ2n) is 5.32. The fraction of sp³-hybridized carbons (Fsp3) is 0.375. The first-order valence-electron chi connectivity index (χ1n) is 7.13. The predicted octanol–water partition coefficient (Wildman–Crippen LogP) is 3.87. The minimum absolute atomic E-state index is 0.113. The Morgan fingerprint density at radius 3 is 2.52 bits per heavy atom. The summed E-state index contributed by atoms with van der Waals surface area (Å²) < 4.78 is 5.73. The smallest absolute Gasteiger partial charge is 0.265 e. The molecule has 0 aliphatic heterocycles. The summed E-state index contributed by atoms with van der Waals surface area (Å²) in [5, 5.41) is 0. The molecule has 1 N–H and O–H groups in total. The summed E-state index contributed by atoms with van der Waals surface area (Å²) in [6.45, 7) is 0. The van der Waals surface area contributed by atoms with Crippen LogP contribution in [0.25, 0.3) is 11.4 Å². The van der Waals surface area contributed by atoms with Crippen LogP contribution < -0.4 is 10.3 Å². The molecular formula is C16H17BrN2O2. The molecule has 1 heterocycles. The topological polar surface area (TPSA) is 55.0 Å². The molecule has 21 heavy (non-hydrogen) atoms. The van der Waals surface area contributed by atoms with Crippen molar-refractivity contribution in [2.75, 3.05) is 7.11 Å². The van der Waals surface area contributed by atoms with Crippen molar-refractivity contribution < 1.29 is 4.74 Å². The molecule has 110 valence electrons. The molecule has 0 atom stereocenters. The van der Waals surface area contributed by atoms with Crippen molar-refractivity contribution in [1.29, 1.82) is 0 Å². The highest BCUT2D eigenvalue weighted by atomic mass is 79.9. The Kier molecular flexibility index (Phi) is 4.10. The molecule has 3 rings (SSSR count). The number of nitrogens with zero attached hydrogens (tertiary/aromatic N) is 1. The lowest BCUT2D eigenvalue weighted by atomic mass is 10.0. The summed E-state index contributed by atoms with van der Waals surface area (Å²) in [5.74, 6) is 1.79. The second-order valence-corrected chi connectivity index (χ2v) is 6.12. The van der Waals surface area contributed by atoms with Gasteiger partial charge in [0.1, 0.15) is 16.0 Å². The number of aromatic amines is 1. The van der Waals surface area contributed by atoms with Crippen LogP contribution in [0.5, 0.6) is 5.75 Å². The van der Waals surface area contributed by atoms with Crippen LogP contribution >= 0.6 is 15.9 Å². The highest BCUT2D eigenvalue weighted by Gasteiger charge is 2.23. The molecule has 1 fully saturated rings. The number of nitrogens with one attached hydrogen (secondary N) is 1. The third-order valence-corrected chi connectivity index (χ3v) is 4.76. The van der Waals surface area contributed by atoms with E-state index in [2.05, 4.69) is 20.9 Å². The first-order chi connectivity index (χ1) is 10.2. The average molecular weight is 349 g/mol. The standard InChI is InChI=1S/C16H17BrN2O2/c1-21-12-8-6-11(7-9-12)15-18-14(10-4-2-3-5-10)13(17)16(20)19-15/h6-10H,2-5H2,1H3,(H,18,19,20). The lowest BCUT2D eigenvalue weighted by molar-refractivity contribution is 0.415. The van der Waals surface area contributed by atoms with E-state index in [1.165, 1.54) is 12.8 Å². The van der Waals surface area contributed by atoms with Gasteiger partial charge in [-0.1, -0.05) is 12.8 Å².